The zero-order valence-electron chi connectivity index (χ0n) is 9.89. The van der Waals surface area contributed by atoms with Crippen LogP contribution in [0.2, 0.25) is 0 Å². The molecule has 3 heteroatoms. The second-order valence-corrected chi connectivity index (χ2v) is 4.79. The van der Waals surface area contributed by atoms with Gasteiger partial charge < -0.3 is 5.32 Å². The van der Waals surface area contributed by atoms with Crippen molar-refractivity contribution >= 4 is 15.9 Å². The van der Waals surface area contributed by atoms with Crippen LogP contribution in [-0.4, -0.2) is 6.54 Å². The van der Waals surface area contributed by atoms with Crippen molar-refractivity contribution in [2.75, 3.05) is 6.54 Å². The third-order valence-corrected chi connectivity index (χ3v) is 3.19. The van der Waals surface area contributed by atoms with Gasteiger partial charge in [0.05, 0.1) is 4.47 Å². The summed E-state index contributed by atoms with van der Waals surface area (Å²) in [6.45, 7) is 5.17. The average Bonchev–Trinajstić information content (AvgIpc) is 2.28. The third-order valence-electron chi connectivity index (χ3n) is 2.57. The molecule has 0 saturated heterocycles. The van der Waals surface area contributed by atoms with Crippen molar-refractivity contribution in [2.45, 2.75) is 39.2 Å². The quantitative estimate of drug-likeness (QED) is 0.816. The van der Waals surface area contributed by atoms with Crippen LogP contribution >= 0.6 is 15.9 Å². The molecule has 0 aromatic heterocycles. The zero-order chi connectivity index (χ0) is 12.0. The summed E-state index contributed by atoms with van der Waals surface area (Å²) in [5.74, 6) is -0.135. The Kier molecular flexibility index (Phi) is 5.99. The maximum Gasteiger partial charge on any atom is 0.142 e. The van der Waals surface area contributed by atoms with Crippen LogP contribution < -0.4 is 5.32 Å². The molecule has 0 amide bonds. The molecule has 0 radical (unpaired) electrons. The van der Waals surface area contributed by atoms with Crippen LogP contribution in [0, 0.1) is 5.82 Å². The summed E-state index contributed by atoms with van der Waals surface area (Å²) in [6.07, 6.45) is 3.08. The van der Waals surface area contributed by atoms with Crippen molar-refractivity contribution in [1.82, 2.24) is 5.32 Å². The van der Waals surface area contributed by atoms with Gasteiger partial charge in [0, 0.05) is 11.6 Å². The van der Waals surface area contributed by atoms with Gasteiger partial charge in [-0.3, -0.25) is 0 Å². The van der Waals surface area contributed by atoms with Gasteiger partial charge in [0.15, 0.2) is 0 Å². The first-order valence-corrected chi connectivity index (χ1v) is 6.67. The lowest BCUT2D eigenvalue weighted by Gasteiger charge is -2.19. The van der Waals surface area contributed by atoms with E-state index in [2.05, 4.69) is 35.1 Å². The number of benzene rings is 1. The highest BCUT2D eigenvalue weighted by molar-refractivity contribution is 9.10. The molecule has 90 valence electrons. The van der Waals surface area contributed by atoms with Gasteiger partial charge in [-0.05, 0) is 41.4 Å². The van der Waals surface area contributed by atoms with E-state index in [1.807, 2.05) is 12.1 Å². The number of rotatable bonds is 6. The maximum atomic E-state index is 13.9. The SMILES string of the molecule is CCCNC(CCC)c1cccc(Br)c1F. The summed E-state index contributed by atoms with van der Waals surface area (Å²) in [5.41, 5.74) is 0.768. The summed E-state index contributed by atoms with van der Waals surface area (Å²) in [6, 6.07) is 5.62. The molecule has 0 aliphatic heterocycles. The second-order valence-electron chi connectivity index (χ2n) is 3.94. The summed E-state index contributed by atoms with van der Waals surface area (Å²) in [5, 5.41) is 3.39. The van der Waals surface area contributed by atoms with Crippen molar-refractivity contribution < 1.29 is 4.39 Å². The van der Waals surface area contributed by atoms with E-state index in [1.165, 1.54) is 0 Å². The molecular weight excluding hydrogens is 269 g/mol. The molecule has 1 unspecified atom stereocenters. The molecule has 1 rings (SSSR count). The third kappa shape index (κ3) is 3.56. The highest BCUT2D eigenvalue weighted by Crippen LogP contribution is 2.26. The first-order chi connectivity index (χ1) is 7.70. The molecule has 0 aliphatic rings. The highest BCUT2D eigenvalue weighted by Gasteiger charge is 2.15. The van der Waals surface area contributed by atoms with Crippen LogP contribution in [0.4, 0.5) is 4.39 Å². The largest absolute Gasteiger partial charge is 0.310 e. The molecule has 16 heavy (non-hydrogen) atoms. The smallest absolute Gasteiger partial charge is 0.142 e. The Morgan fingerprint density at radius 1 is 1.31 bits per heavy atom. The van der Waals surface area contributed by atoms with E-state index >= 15 is 0 Å². The van der Waals surface area contributed by atoms with E-state index in [0.717, 1.165) is 31.4 Å². The number of nitrogens with one attached hydrogen (secondary N) is 1. The Morgan fingerprint density at radius 2 is 2.06 bits per heavy atom. The average molecular weight is 288 g/mol. The van der Waals surface area contributed by atoms with E-state index in [9.17, 15) is 4.39 Å². The minimum Gasteiger partial charge on any atom is -0.310 e. The van der Waals surface area contributed by atoms with Gasteiger partial charge in [0.25, 0.3) is 0 Å². The van der Waals surface area contributed by atoms with Gasteiger partial charge >= 0.3 is 0 Å². The Hall–Kier alpha value is -0.410. The van der Waals surface area contributed by atoms with E-state index in [1.54, 1.807) is 6.07 Å². The van der Waals surface area contributed by atoms with Crippen molar-refractivity contribution in [2.24, 2.45) is 0 Å². The van der Waals surface area contributed by atoms with Crippen LogP contribution in [0.1, 0.15) is 44.7 Å². The molecule has 1 aromatic rings. The van der Waals surface area contributed by atoms with Crippen molar-refractivity contribution in [3.63, 3.8) is 0 Å². The monoisotopic (exact) mass is 287 g/mol. The standard InChI is InChI=1S/C13H19BrFN/c1-3-6-12(16-9-4-2)10-7-5-8-11(14)13(10)15/h5,7-8,12,16H,3-4,6,9H2,1-2H3. The predicted molar refractivity (Wildman–Crippen MR) is 70.0 cm³/mol. The zero-order valence-corrected chi connectivity index (χ0v) is 11.5. The molecule has 1 N–H and O–H groups in total. The van der Waals surface area contributed by atoms with Crippen molar-refractivity contribution in [1.29, 1.82) is 0 Å². The van der Waals surface area contributed by atoms with Gasteiger partial charge in [-0.2, -0.15) is 0 Å². The fourth-order valence-electron chi connectivity index (χ4n) is 1.76. The molecule has 0 aliphatic carbocycles. The van der Waals surface area contributed by atoms with Gasteiger partial charge in [-0.15, -0.1) is 0 Å². The minimum atomic E-state index is -0.135. The lowest BCUT2D eigenvalue weighted by Crippen LogP contribution is -2.23. The van der Waals surface area contributed by atoms with Gasteiger partial charge in [0.1, 0.15) is 5.82 Å². The molecule has 0 fully saturated rings. The fourth-order valence-corrected chi connectivity index (χ4v) is 2.15. The normalized spacial score (nSPS) is 12.8. The summed E-state index contributed by atoms with van der Waals surface area (Å²) >= 11 is 3.23. The fraction of sp³-hybridized carbons (Fsp3) is 0.538. The molecule has 1 nitrogen and oxygen atoms in total. The summed E-state index contributed by atoms with van der Waals surface area (Å²) in [7, 11) is 0. The Morgan fingerprint density at radius 3 is 2.69 bits per heavy atom. The second kappa shape index (κ2) is 7.02. The molecule has 0 heterocycles. The Balaban J connectivity index is 2.86. The van der Waals surface area contributed by atoms with Crippen LogP contribution in [0.15, 0.2) is 22.7 Å². The topological polar surface area (TPSA) is 12.0 Å². The predicted octanol–water partition coefficient (Wildman–Crippen LogP) is 4.43. The summed E-state index contributed by atoms with van der Waals surface area (Å²) < 4.78 is 14.5. The van der Waals surface area contributed by atoms with Crippen LogP contribution in [0.5, 0.6) is 0 Å². The highest BCUT2D eigenvalue weighted by atomic mass is 79.9. The molecular formula is C13H19BrFN. The van der Waals surface area contributed by atoms with Crippen LogP contribution in [-0.2, 0) is 0 Å². The lowest BCUT2D eigenvalue weighted by atomic mass is 10.0. The van der Waals surface area contributed by atoms with Crippen LogP contribution in [0.25, 0.3) is 0 Å². The number of hydrogen-bond donors (Lipinski definition) is 1. The number of hydrogen-bond acceptors (Lipinski definition) is 1. The molecule has 1 atom stereocenters. The Labute approximate surface area is 106 Å². The Bertz CT molecular complexity index is 328. The number of halogens is 2. The molecule has 0 saturated carbocycles. The molecule has 0 bridgehead atoms. The van der Waals surface area contributed by atoms with Gasteiger partial charge in [0.2, 0.25) is 0 Å². The minimum absolute atomic E-state index is 0.127. The van der Waals surface area contributed by atoms with E-state index in [-0.39, 0.29) is 11.9 Å². The molecule has 1 aromatic carbocycles. The van der Waals surface area contributed by atoms with Crippen molar-refractivity contribution in [3.05, 3.63) is 34.1 Å². The van der Waals surface area contributed by atoms with E-state index in [4.69, 9.17) is 0 Å². The molecule has 0 spiro atoms. The van der Waals surface area contributed by atoms with Gasteiger partial charge in [-0.1, -0.05) is 32.4 Å². The van der Waals surface area contributed by atoms with E-state index in [0.29, 0.717) is 4.47 Å². The maximum absolute atomic E-state index is 13.9. The summed E-state index contributed by atoms with van der Waals surface area (Å²) in [4.78, 5) is 0. The van der Waals surface area contributed by atoms with Gasteiger partial charge in [-0.25, -0.2) is 4.39 Å². The van der Waals surface area contributed by atoms with Crippen LogP contribution in [0.3, 0.4) is 0 Å². The lowest BCUT2D eigenvalue weighted by molar-refractivity contribution is 0.468. The first-order valence-electron chi connectivity index (χ1n) is 5.88. The van der Waals surface area contributed by atoms with E-state index < -0.39 is 0 Å². The van der Waals surface area contributed by atoms with Crippen molar-refractivity contribution in [3.8, 4) is 0 Å². The first kappa shape index (κ1) is 13.7.